The minimum absolute atomic E-state index is 0.182. The molecule has 0 fully saturated rings. The lowest BCUT2D eigenvalue weighted by Crippen LogP contribution is -2.42. The number of amides is 1. The fourth-order valence-electron chi connectivity index (χ4n) is 2.46. The summed E-state index contributed by atoms with van der Waals surface area (Å²) in [5.41, 5.74) is 0.223. The lowest BCUT2D eigenvalue weighted by Gasteiger charge is -2.32. The van der Waals surface area contributed by atoms with Crippen LogP contribution in [0.5, 0.6) is 11.6 Å². The Balaban J connectivity index is 1.99. The maximum atomic E-state index is 12.8. The number of fused-ring (bicyclic) bond motifs is 1. The third-order valence-corrected chi connectivity index (χ3v) is 3.38. The molecule has 0 spiro atoms. The van der Waals surface area contributed by atoms with Crippen molar-refractivity contribution >= 4 is 11.6 Å². The maximum absolute atomic E-state index is 12.8. The number of ether oxygens (including phenoxy) is 2. The van der Waals surface area contributed by atoms with Gasteiger partial charge in [0.2, 0.25) is 5.88 Å². The first-order chi connectivity index (χ1) is 11.3. The Morgan fingerprint density at radius 2 is 2.04 bits per heavy atom. The molecule has 1 aliphatic heterocycles. The number of pyridine rings is 1. The van der Waals surface area contributed by atoms with Crippen LogP contribution < -0.4 is 14.4 Å². The van der Waals surface area contributed by atoms with Crippen LogP contribution in [0.3, 0.4) is 0 Å². The fourth-order valence-corrected chi connectivity index (χ4v) is 2.46. The van der Waals surface area contributed by atoms with Gasteiger partial charge in [-0.25, -0.2) is 4.98 Å². The van der Waals surface area contributed by atoms with Gasteiger partial charge in [0.05, 0.1) is 12.1 Å². The molecular weight excluding hydrogens is 325 g/mol. The third-order valence-electron chi connectivity index (χ3n) is 3.38. The van der Waals surface area contributed by atoms with Crippen molar-refractivity contribution in [3.63, 3.8) is 0 Å². The minimum atomic E-state index is -4.88. The van der Waals surface area contributed by atoms with Crippen molar-refractivity contribution in [2.75, 3.05) is 11.4 Å². The first kappa shape index (κ1) is 16.1. The van der Waals surface area contributed by atoms with Crippen LogP contribution >= 0.6 is 0 Å². The van der Waals surface area contributed by atoms with Crippen molar-refractivity contribution < 1.29 is 27.4 Å². The zero-order chi connectivity index (χ0) is 17.3. The molecule has 1 aromatic carbocycles. The third kappa shape index (κ3) is 3.27. The van der Waals surface area contributed by atoms with E-state index in [1.54, 1.807) is 19.1 Å². The van der Waals surface area contributed by atoms with E-state index in [-0.39, 0.29) is 24.1 Å². The number of halogens is 3. The van der Waals surface area contributed by atoms with Gasteiger partial charge >= 0.3 is 6.36 Å². The molecule has 5 nitrogen and oxygen atoms in total. The Bertz CT molecular complexity index is 764. The van der Waals surface area contributed by atoms with Crippen LogP contribution in [-0.2, 0) is 0 Å². The van der Waals surface area contributed by atoms with Crippen molar-refractivity contribution in [1.29, 1.82) is 0 Å². The largest absolute Gasteiger partial charge is 0.573 e. The highest BCUT2D eigenvalue weighted by Gasteiger charge is 2.35. The Morgan fingerprint density at radius 1 is 1.29 bits per heavy atom. The molecule has 2 aromatic rings. The summed E-state index contributed by atoms with van der Waals surface area (Å²) in [7, 11) is 0. The summed E-state index contributed by atoms with van der Waals surface area (Å²) < 4.78 is 47.2. The van der Waals surface area contributed by atoms with E-state index in [1.165, 1.54) is 29.3 Å². The van der Waals surface area contributed by atoms with Crippen molar-refractivity contribution in [3.05, 3.63) is 48.2 Å². The summed E-state index contributed by atoms with van der Waals surface area (Å²) in [5, 5.41) is 0. The molecule has 1 aliphatic rings. The molecule has 0 N–H and O–H groups in total. The number of hydrogen-bond acceptors (Lipinski definition) is 4. The van der Waals surface area contributed by atoms with Gasteiger partial charge in [-0.15, -0.1) is 13.2 Å². The van der Waals surface area contributed by atoms with Gasteiger partial charge in [0, 0.05) is 6.20 Å². The van der Waals surface area contributed by atoms with Gasteiger partial charge in [-0.2, -0.15) is 0 Å². The van der Waals surface area contributed by atoms with E-state index in [0.29, 0.717) is 5.69 Å². The van der Waals surface area contributed by atoms with E-state index in [0.717, 1.165) is 6.07 Å². The second-order valence-electron chi connectivity index (χ2n) is 5.22. The van der Waals surface area contributed by atoms with Gasteiger partial charge in [0.15, 0.2) is 0 Å². The molecule has 8 heteroatoms. The molecule has 1 aromatic heterocycles. The van der Waals surface area contributed by atoms with Crippen LogP contribution in [0.15, 0.2) is 42.6 Å². The molecule has 0 saturated heterocycles. The number of carbonyl (C=O) groups excluding carboxylic acids is 1. The molecule has 0 bridgehead atoms. The SMILES string of the molecule is CC1CN(C(=O)c2ccccc2OC(F)(F)F)c2cccnc2O1. The molecular formula is C16H13F3N2O3. The second-order valence-corrected chi connectivity index (χ2v) is 5.22. The lowest BCUT2D eigenvalue weighted by molar-refractivity contribution is -0.274. The Labute approximate surface area is 135 Å². The maximum Gasteiger partial charge on any atom is 0.573 e. The standard InChI is InChI=1S/C16H13F3N2O3/c1-10-9-21(12-6-4-8-20-14(12)23-10)15(22)11-5-2-3-7-13(11)24-16(17,18)19/h2-8,10H,9H2,1H3. The van der Waals surface area contributed by atoms with Crippen LogP contribution in [-0.4, -0.2) is 29.9 Å². The monoisotopic (exact) mass is 338 g/mol. The number of rotatable bonds is 2. The topological polar surface area (TPSA) is 51.7 Å². The molecule has 1 unspecified atom stereocenters. The quantitative estimate of drug-likeness (QED) is 0.842. The molecule has 0 radical (unpaired) electrons. The smallest absolute Gasteiger partial charge is 0.471 e. The number of carbonyl (C=O) groups is 1. The summed E-state index contributed by atoms with van der Waals surface area (Å²) in [4.78, 5) is 18.2. The molecule has 1 amide bonds. The normalized spacial score (nSPS) is 17.0. The highest BCUT2D eigenvalue weighted by Crippen LogP contribution is 2.34. The minimum Gasteiger partial charge on any atom is -0.471 e. The number of hydrogen-bond donors (Lipinski definition) is 0. The van der Waals surface area contributed by atoms with Crippen molar-refractivity contribution in [2.24, 2.45) is 0 Å². The van der Waals surface area contributed by atoms with Gasteiger partial charge in [-0.3, -0.25) is 9.69 Å². The summed E-state index contributed by atoms with van der Waals surface area (Å²) in [6.07, 6.45) is -3.71. The van der Waals surface area contributed by atoms with E-state index in [1.807, 2.05) is 0 Å². The predicted octanol–water partition coefficient (Wildman–Crippen LogP) is 3.41. The van der Waals surface area contributed by atoms with E-state index in [4.69, 9.17) is 4.74 Å². The number of aromatic nitrogens is 1. The van der Waals surface area contributed by atoms with E-state index < -0.39 is 18.0 Å². The summed E-state index contributed by atoms with van der Waals surface area (Å²) in [6, 6.07) is 8.49. The van der Waals surface area contributed by atoms with Gasteiger partial charge < -0.3 is 9.47 Å². The number of benzene rings is 1. The van der Waals surface area contributed by atoms with Crippen LogP contribution in [0.2, 0.25) is 0 Å². The van der Waals surface area contributed by atoms with Gasteiger partial charge in [0.25, 0.3) is 5.91 Å². The molecule has 24 heavy (non-hydrogen) atoms. The summed E-state index contributed by atoms with van der Waals surface area (Å²) in [6.45, 7) is 1.94. The van der Waals surface area contributed by atoms with Gasteiger partial charge in [0.1, 0.15) is 17.5 Å². The zero-order valence-electron chi connectivity index (χ0n) is 12.6. The number of nitrogens with zero attached hydrogens (tertiary/aromatic N) is 2. The first-order valence-electron chi connectivity index (χ1n) is 7.13. The molecule has 2 heterocycles. The van der Waals surface area contributed by atoms with E-state index >= 15 is 0 Å². The average Bonchev–Trinajstić information content (AvgIpc) is 2.52. The van der Waals surface area contributed by atoms with Gasteiger partial charge in [-0.05, 0) is 31.2 Å². The average molecular weight is 338 g/mol. The Morgan fingerprint density at radius 3 is 2.79 bits per heavy atom. The predicted molar refractivity (Wildman–Crippen MR) is 79.1 cm³/mol. The highest BCUT2D eigenvalue weighted by atomic mass is 19.4. The van der Waals surface area contributed by atoms with Crippen LogP contribution in [0.1, 0.15) is 17.3 Å². The zero-order valence-corrected chi connectivity index (χ0v) is 12.6. The second kappa shape index (κ2) is 6.03. The van der Waals surface area contributed by atoms with Crippen LogP contribution in [0, 0.1) is 0 Å². The summed E-state index contributed by atoms with van der Waals surface area (Å²) >= 11 is 0. The van der Waals surface area contributed by atoms with E-state index in [9.17, 15) is 18.0 Å². The lowest BCUT2D eigenvalue weighted by atomic mass is 10.1. The van der Waals surface area contributed by atoms with Gasteiger partial charge in [-0.1, -0.05) is 12.1 Å². The highest BCUT2D eigenvalue weighted by molar-refractivity contribution is 6.08. The first-order valence-corrected chi connectivity index (χ1v) is 7.13. The number of para-hydroxylation sites is 1. The number of anilines is 1. The Kier molecular flexibility index (Phi) is 4.04. The summed E-state index contributed by atoms with van der Waals surface area (Å²) in [5.74, 6) is -0.891. The van der Waals surface area contributed by atoms with Crippen molar-refractivity contribution in [3.8, 4) is 11.6 Å². The number of alkyl halides is 3. The van der Waals surface area contributed by atoms with Crippen molar-refractivity contribution in [2.45, 2.75) is 19.4 Å². The molecule has 0 aliphatic carbocycles. The molecule has 126 valence electrons. The van der Waals surface area contributed by atoms with Crippen LogP contribution in [0.25, 0.3) is 0 Å². The van der Waals surface area contributed by atoms with Crippen LogP contribution in [0.4, 0.5) is 18.9 Å². The molecule has 3 rings (SSSR count). The fraction of sp³-hybridized carbons (Fsp3) is 0.250. The van der Waals surface area contributed by atoms with E-state index in [2.05, 4.69) is 9.72 Å². The van der Waals surface area contributed by atoms with Crippen molar-refractivity contribution in [1.82, 2.24) is 4.98 Å². The molecule has 0 saturated carbocycles. The molecule has 1 atom stereocenters. The Hall–Kier alpha value is -2.77.